The average Bonchev–Trinajstić information content (AvgIpc) is 2.64. The summed E-state index contributed by atoms with van der Waals surface area (Å²) in [7, 11) is 3.87. The highest BCUT2D eigenvalue weighted by Crippen LogP contribution is 2.37. The Morgan fingerprint density at radius 2 is 2.17 bits per heavy atom. The largest absolute Gasteiger partial charge is 0.332 e. The fraction of sp³-hybridized carbons (Fsp3) is 0.538. The first kappa shape index (κ1) is 13.1. The van der Waals surface area contributed by atoms with Crippen LogP contribution in [0.25, 0.3) is 0 Å². The Labute approximate surface area is 111 Å². The van der Waals surface area contributed by atoms with E-state index in [-0.39, 0.29) is 5.91 Å². The molecule has 96 valence electrons. The third kappa shape index (κ3) is 2.71. The zero-order valence-electron chi connectivity index (χ0n) is 10.8. The van der Waals surface area contributed by atoms with E-state index in [1.165, 1.54) is 16.9 Å². The number of nitrogens with one attached hydrogen (secondary N) is 2. The Balaban J connectivity index is 2.21. The maximum atomic E-state index is 11.8. The third-order valence-corrected chi connectivity index (χ3v) is 4.26. The van der Waals surface area contributed by atoms with E-state index in [0.717, 1.165) is 29.2 Å². The Morgan fingerprint density at radius 1 is 1.44 bits per heavy atom. The standard InChI is InChI=1S/C13H17N3OS/c1-16(2)8-12(17)15-13-10(7-14)9-5-3-4-6-11(9)18-13/h3-6,8H2,1-2H3,(H,15,17)/p+1. The molecular formula is C13H18N3OS+. The summed E-state index contributed by atoms with van der Waals surface area (Å²) in [5.41, 5.74) is 1.86. The van der Waals surface area contributed by atoms with Gasteiger partial charge in [-0.15, -0.1) is 11.3 Å². The second kappa shape index (κ2) is 5.51. The van der Waals surface area contributed by atoms with Gasteiger partial charge >= 0.3 is 0 Å². The number of amides is 1. The van der Waals surface area contributed by atoms with E-state index in [0.29, 0.717) is 12.1 Å². The Morgan fingerprint density at radius 3 is 2.83 bits per heavy atom. The number of nitrogens with zero attached hydrogens (tertiary/aromatic N) is 1. The number of anilines is 1. The lowest BCUT2D eigenvalue weighted by Gasteiger charge is -2.09. The van der Waals surface area contributed by atoms with Gasteiger partial charge < -0.3 is 10.2 Å². The molecule has 0 unspecified atom stereocenters. The Kier molecular flexibility index (Phi) is 4.00. The maximum absolute atomic E-state index is 11.8. The van der Waals surface area contributed by atoms with Crippen LogP contribution < -0.4 is 10.2 Å². The van der Waals surface area contributed by atoms with Crippen molar-refractivity contribution in [2.45, 2.75) is 25.7 Å². The molecule has 0 saturated heterocycles. The number of aryl methyl sites for hydroxylation is 1. The molecule has 1 amide bonds. The number of rotatable bonds is 3. The number of hydrogen-bond donors (Lipinski definition) is 2. The minimum atomic E-state index is -0.0231. The molecule has 1 aliphatic carbocycles. The van der Waals surface area contributed by atoms with Gasteiger partial charge in [0, 0.05) is 4.88 Å². The number of fused-ring (bicyclic) bond motifs is 1. The van der Waals surface area contributed by atoms with Crippen molar-refractivity contribution in [3.05, 3.63) is 16.0 Å². The molecule has 0 fully saturated rings. The molecule has 0 saturated carbocycles. The van der Waals surface area contributed by atoms with Gasteiger partial charge in [0.2, 0.25) is 0 Å². The molecule has 0 aliphatic heterocycles. The van der Waals surface area contributed by atoms with Crippen LogP contribution in [0, 0.1) is 11.3 Å². The molecule has 2 rings (SSSR count). The zero-order chi connectivity index (χ0) is 13.1. The van der Waals surface area contributed by atoms with Crippen LogP contribution >= 0.6 is 11.3 Å². The fourth-order valence-electron chi connectivity index (χ4n) is 2.26. The summed E-state index contributed by atoms with van der Waals surface area (Å²) in [5, 5.41) is 12.9. The van der Waals surface area contributed by atoms with E-state index < -0.39 is 0 Å². The maximum Gasteiger partial charge on any atom is 0.280 e. The summed E-state index contributed by atoms with van der Waals surface area (Å²) in [4.78, 5) is 14.1. The first-order valence-corrected chi connectivity index (χ1v) is 7.07. The number of nitriles is 1. The zero-order valence-corrected chi connectivity index (χ0v) is 11.6. The van der Waals surface area contributed by atoms with Crippen LogP contribution in [0.3, 0.4) is 0 Å². The van der Waals surface area contributed by atoms with Gasteiger partial charge in [-0.2, -0.15) is 5.26 Å². The number of hydrogen-bond acceptors (Lipinski definition) is 3. The lowest BCUT2D eigenvalue weighted by molar-refractivity contribution is -0.849. The average molecular weight is 264 g/mol. The molecule has 0 aromatic carbocycles. The van der Waals surface area contributed by atoms with E-state index in [1.807, 2.05) is 14.1 Å². The van der Waals surface area contributed by atoms with Gasteiger partial charge in [-0.3, -0.25) is 4.79 Å². The van der Waals surface area contributed by atoms with E-state index in [4.69, 9.17) is 0 Å². The molecule has 5 heteroatoms. The van der Waals surface area contributed by atoms with Crippen LogP contribution in [0.1, 0.15) is 28.8 Å². The smallest absolute Gasteiger partial charge is 0.280 e. The molecule has 0 radical (unpaired) electrons. The summed E-state index contributed by atoms with van der Waals surface area (Å²) in [5.74, 6) is -0.0231. The van der Waals surface area contributed by atoms with Crippen molar-refractivity contribution < 1.29 is 9.69 Å². The quantitative estimate of drug-likeness (QED) is 0.839. The molecule has 1 heterocycles. The van der Waals surface area contributed by atoms with Crippen molar-refractivity contribution in [3.63, 3.8) is 0 Å². The normalized spacial score (nSPS) is 14.1. The van der Waals surface area contributed by atoms with Gasteiger partial charge in [0.1, 0.15) is 11.1 Å². The minimum absolute atomic E-state index is 0.0231. The van der Waals surface area contributed by atoms with E-state index in [2.05, 4.69) is 11.4 Å². The molecule has 1 aromatic rings. The predicted octanol–water partition coefficient (Wildman–Crippen LogP) is 0.582. The van der Waals surface area contributed by atoms with E-state index in [1.54, 1.807) is 11.3 Å². The molecule has 2 N–H and O–H groups in total. The van der Waals surface area contributed by atoms with Crippen LogP contribution in [-0.4, -0.2) is 26.5 Å². The molecule has 4 nitrogen and oxygen atoms in total. The van der Waals surface area contributed by atoms with E-state index in [9.17, 15) is 10.1 Å². The van der Waals surface area contributed by atoms with Crippen molar-refractivity contribution in [2.75, 3.05) is 26.0 Å². The highest BCUT2D eigenvalue weighted by atomic mass is 32.1. The number of carbonyl (C=O) groups excluding carboxylic acids is 1. The molecule has 0 atom stereocenters. The summed E-state index contributed by atoms with van der Waals surface area (Å²) < 4.78 is 0. The topological polar surface area (TPSA) is 57.3 Å². The molecule has 1 aromatic heterocycles. The number of thiophene rings is 1. The van der Waals surface area contributed by atoms with Crippen molar-refractivity contribution in [1.29, 1.82) is 5.26 Å². The molecule has 0 bridgehead atoms. The van der Waals surface area contributed by atoms with E-state index >= 15 is 0 Å². The number of quaternary nitrogens is 1. The second-order valence-corrected chi connectivity index (χ2v) is 6.06. The van der Waals surface area contributed by atoms with Crippen LogP contribution in [0.4, 0.5) is 5.00 Å². The second-order valence-electron chi connectivity index (χ2n) is 4.96. The van der Waals surface area contributed by atoms with Gasteiger partial charge in [0.15, 0.2) is 6.54 Å². The third-order valence-electron chi connectivity index (χ3n) is 3.05. The molecular weight excluding hydrogens is 246 g/mol. The van der Waals surface area contributed by atoms with Crippen LogP contribution in [-0.2, 0) is 17.6 Å². The van der Waals surface area contributed by atoms with Gasteiger partial charge in [-0.25, -0.2) is 0 Å². The Hall–Kier alpha value is -1.38. The summed E-state index contributed by atoms with van der Waals surface area (Å²) in [6, 6.07) is 2.25. The number of carbonyl (C=O) groups is 1. The SMILES string of the molecule is C[NH+](C)CC(=O)Nc1sc2c(c1C#N)CCCC2. The van der Waals surface area contributed by atoms with Crippen LogP contribution in [0.15, 0.2) is 0 Å². The molecule has 1 aliphatic rings. The van der Waals surface area contributed by atoms with Gasteiger partial charge in [0.25, 0.3) is 5.91 Å². The summed E-state index contributed by atoms with van der Waals surface area (Å²) >= 11 is 1.58. The van der Waals surface area contributed by atoms with Crippen molar-refractivity contribution in [2.24, 2.45) is 0 Å². The van der Waals surface area contributed by atoms with Crippen molar-refractivity contribution in [1.82, 2.24) is 0 Å². The highest BCUT2D eigenvalue weighted by Gasteiger charge is 2.22. The fourth-order valence-corrected chi connectivity index (χ4v) is 3.52. The van der Waals surface area contributed by atoms with Gasteiger partial charge in [-0.05, 0) is 31.2 Å². The van der Waals surface area contributed by atoms with Gasteiger partial charge in [0.05, 0.1) is 19.7 Å². The lowest BCUT2D eigenvalue weighted by atomic mass is 9.96. The first-order valence-electron chi connectivity index (χ1n) is 6.25. The first-order chi connectivity index (χ1) is 8.61. The predicted molar refractivity (Wildman–Crippen MR) is 72.0 cm³/mol. The minimum Gasteiger partial charge on any atom is -0.332 e. The Bertz CT molecular complexity index is 499. The van der Waals surface area contributed by atoms with Crippen LogP contribution in [0.5, 0.6) is 0 Å². The monoisotopic (exact) mass is 264 g/mol. The van der Waals surface area contributed by atoms with Crippen molar-refractivity contribution in [3.8, 4) is 6.07 Å². The molecule has 0 spiro atoms. The molecule has 18 heavy (non-hydrogen) atoms. The number of likely N-dealkylation sites (N-methyl/N-ethyl adjacent to an activating group) is 1. The van der Waals surface area contributed by atoms with Crippen molar-refractivity contribution >= 4 is 22.2 Å². The van der Waals surface area contributed by atoms with Gasteiger partial charge in [-0.1, -0.05) is 0 Å². The lowest BCUT2D eigenvalue weighted by Crippen LogP contribution is -3.06. The summed E-state index contributed by atoms with van der Waals surface area (Å²) in [6.45, 7) is 0.424. The highest BCUT2D eigenvalue weighted by molar-refractivity contribution is 7.16. The summed E-state index contributed by atoms with van der Waals surface area (Å²) in [6.07, 6.45) is 4.36. The van der Waals surface area contributed by atoms with Crippen LogP contribution in [0.2, 0.25) is 0 Å².